The summed E-state index contributed by atoms with van der Waals surface area (Å²) in [4.78, 5) is 12.7. The minimum atomic E-state index is -0.200. The van der Waals surface area contributed by atoms with E-state index in [1.165, 1.54) is 0 Å². The molecule has 0 aliphatic carbocycles. The Balaban J connectivity index is 1.72. The Hall–Kier alpha value is -3.47. The molecule has 0 heterocycles. The molecule has 5 nitrogen and oxygen atoms in total. The van der Waals surface area contributed by atoms with Crippen LogP contribution in [0.5, 0.6) is 17.2 Å². The average molecular weight is 391 g/mol. The van der Waals surface area contributed by atoms with Gasteiger partial charge in [-0.2, -0.15) is 0 Å². The van der Waals surface area contributed by atoms with E-state index in [1.54, 1.807) is 25.3 Å². The lowest BCUT2D eigenvalue weighted by atomic mass is 10.1. The van der Waals surface area contributed by atoms with Gasteiger partial charge in [0.25, 0.3) is 5.91 Å². The van der Waals surface area contributed by atoms with E-state index >= 15 is 0 Å². The van der Waals surface area contributed by atoms with Gasteiger partial charge >= 0.3 is 0 Å². The monoisotopic (exact) mass is 391 g/mol. The van der Waals surface area contributed by atoms with E-state index in [2.05, 4.69) is 5.32 Å². The van der Waals surface area contributed by atoms with E-state index in [4.69, 9.17) is 14.2 Å². The fraction of sp³-hybridized carbons (Fsp3) is 0.208. The molecule has 0 fully saturated rings. The zero-order chi connectivity index (χ0) is 20.6. The normalized spacial score (nSPS) is 10.3. The lowest BCUT2D eigenvalue weighted by Crippen LogP contribution is -2.13. The molecule has 29 heavy (non-hydrogen) atoms. The van der Waals surface area contributed by atoms with Gasteiger partial charge in [0.2, 0.25) is 0 Å². The van der Waals surface area contributed by atoms with Crippen molar-refractivity contribution in [1.82, 2.24) is 0 Å². The first-order valence-corrected chi connectivity index (χ1v) is 9.49. The highest BCUT2D eigenvalue weighted by atomic mass is 16.5. The van der Waals surface area contributed by atoms with Gasteiger partial charge in [-0.15, -0.1) is 0 Å². The molecule has 0 radical (unpaired) electrons. The van der Waals surface area contributed by atoms with Crippen LogP contribution in [0.4, 0.5) is 5.69 Å². The highest BCUT2D eigenvalue weighted by molar-refractivity contribution is 6.04. The maximum Gasteiger partial charge on any atom is 0.255 e. The Morgan fingerprint density at radius 1 is 0.931 bits per heavy atom. The predicted molar refractivity (Wildman–Crippen MR) is 114 cm³/mol. The Labute approximate surface area is 171 Å². The Morgan fingerprint density at radius 2 is 1.72 bits per heavy atom. The summed E-state index contributed by atoms with van der Waals surface area (Å²) in [5.41, 5.74) is 3.15. The van der Waals surface area contributed by atoms with E-state index in [-0.39, 0.29) is 5.91 Å². The quantitative estimate of drug-likeness (QED) is 0.571. The summed E-state index contributed by atoms with van der Waals surface area (Å²) in [5.74, 6) is 2.02. The lowest BCUT2D eigenvalue weighted by molar-refractivity contribution is 0.102. The molecule has 150 valence electrons. The molecule has 0 saturated carbocycles. The van der Waals surface area contributed by atoms with Gasteiger partial charge < -0.3 is 19.5 Å². The van der Waals surface area contributed by atoms with Gasteiger partial charge in [0.05, 0.1) is 13.7 Å². The van der Waals surface area contributed by atoms with Gasteiger partial charge in [-0.05, 0) is 74.0 Å². The van der Waals surface area contributed by atoms with Gasteiger partial charge in [0.15, 0.2) is 0 Å². The van der Waals surface area contributed by atoms with Crippen LogP contribution < -0.4 is 19.5 Å². The van der Waals surface area contributed by atoms with Crippen molar-refractivity contribution in [3.8, 4) is 17.2 Å². The number of hydrogen-bond donors (Lipinski definition) is 1. The van der Waals surface area contributed by atoms with Crippen LogP contribution in [0.2, 0.25) is 0 Å². The third-order valence-corrected chi connectivity index (χ3v) is 4.35. The molecule has 0 bridgehead atoms. The van der Waals surface area contributed by atoms with Crippen LogP contribution in [0.1, 0.15) is 28.4 Å². The number of ether oxygens (including phenoxy) is 3. The predicted octanol–water partition coefficient (Wildman–Crippen LogP) is 5.23. The smallest absolute Gasteiger partial charge is 0.255 e. The summed E-state index contributed by atoms with van der Waals surface area (Å²) in [6.07, 6.45) is 0. The van der Waals surface area contributed by atoms with Gasteiger partial charge in [-0.3, -0.25) is 4.79 Å². The second-order valence-electron chi connectivity index (χ2n) is 6.54. The van der Waals surface area contributed by atoms with Crippen LogP contribution in [0, 0.1) is 6.92 Å². The van der Waals surface area contributed by atoms with Crippen molar-refractivity contribution in [1.29, 1.82) is 0 Å². The van der Waals surface area contributed by atoms with Crippen molar-refractivity contribution >= 4 is 11.6 Å². The van der Waals surface area contributed by atoms with E-state index in [9.17, 15) is 4.79 Å². The number of carbonyl (C=O) groups is 1. The molecule has 3 aromatic rings. The highest BCUT2D eigenvalue weighted by Gasteiger charge is 2.12. The molecule has 0 atom stereocenters. The molecular formula is C24H25NO4. The third-order valence-electron chi connectivity index (χ3n) is 4.35. The van der Waals surface area contributed by atoms with Crippen molar-refractivity contribution in [2.75, 3.05) is 19.0 Å². The van der Waals surface area contributed by atoms with Gasteiger partial charge in [-0.1, -0.05) is 12.1 Å². The lowest BCUT2D eigenvalue weighted by Gasteiger charge is -2.13. The van der Waals surface area contributed by atoms with Crippen LogP contribution in [-0.2, 0) is 6.61 Å². The van der Waals surface area contributed by atoms with Crippen LogP contribution in [0.15, 0.2) is 66.7 Å². The van der Waals surface area contributed by atoms with Crippen LogP contribution >= 0.6 is 0 Å². The molecule has 1 N–H and O–H groups in total. The zero-order valence-corrected chi connectivity index (χ0v) is 16.9. The first-order chi connectivity index (χ1) is 14.1. The molecule has 0 aliphatic rings. The Kier molecular flexibility index (Phi) is 6.74. The number of benzene rings is 3. The maximum absolute atomic E-state index is 12.7. The molecule has 0 aliphatic heterocycles. The number of amides is 1. The summed E-state index contributed by atoms with van der Waals surface area (Å²) in [6, 6.07) is 20.4. The molecule has 0 spiro atoms. The zero-order valence-electron chi connectivity index (χ0n) is 16.9. The van der Waals surface area contributed by atoms with Gasteiger partial charge in [0, 0.05) is 16.8 Å². The maximum atomic E-state index is 12.7. The summed E-state index contributed by atoms with van der Waals surface area (Å²) in [6.45, 7) is 4.85. The molecule has 5 heteroatoms. The number of nitrogens with one attached hydrogen (secondary N) is 1. The van der Waals surface area contributed by atoms with Crippen LogP contribution in [0.3, 0.4) is 0 Å². The number of aryl methyl sites for hydroxylation is 1. The molecule has 3 rings (SSSR count). The van der Waals surface area contributed by atoms with Crippen molar-refractivity contribution in [2.24, 2.45) is 0 Å². The summed E-state index contributed by atoms with van der Waals surface area (Å²) in [5, 5.41) is 2.90. The first-order valence-electron chi connectivity index (χ1n) is 9.49. The number of anilines is 1. The number of carbonyl (C=O) groups excluding carboxylic acids is 1. The highest BCUT2D eigenvalue weighted by Crippen LogP contribution is 2.24. The summed E-state index contributed by atoms with van der Waals surface area (Å²) >= 11 is 0. The second kappa shape index (κ2) is 9.64. The SMILES string of the molecule is CCOc1ccc(NC(=O)c2ccc(OC)c(COc3cccc(C)c3)c2)cc1. The molecule has 0 saturated heterocycles. The molecule has 1 amide bonds. The Morgan fingerprint density at radius 3 is 2.41 bits per heavy atom. The minimum absolute atomic E-state index is 0.200. The number of rotatable bonds is 8. The molecular weight excluding hydrogens is 366 g/mol. The summed E-state index contributed by atoms with van der Waals surface area (Å²) in [7, 11) is 1.60. The molecule has 3 aromatic carbocycles. The van der Waals surface area contributed by atoms with Crippen molar-refractivity contribution in [2.45, 2.75) is 20.5 Å². The van der Waals surface area contributed by atoms with Crippen LogP contribution in [0.25, 0.3) is 0 Å². The van der Waals surface area contributed by atoms with E-state index in [1.807, 2.05) is 62.4 Å². The topological polar surface area (TPSA) is 56.8 Å². The van der Waals surface area contributed by atoms with Crippen molar-refractivity contribution in [3.05, 3.63) is 83.4 Å². The Bertz CT molecular complexity index is 967. The molecule has 0 aromatic heterocycles. The standard InChI is InChI=1S/C24H25NO4/c1-4-28-21-11-9-20(10-12-21)25-24(26)18-8-13-23(27-3)19(15-18)16-29-22-7-5-6-17(2)14-22/h5-15H,4,16H2,1-3H3,(H,25,26). The minimum Gasteiger partial charge on any atom is -0.496 e. The fourth-order valence-electron chi connectivity index (χ4n) is 2.90. The molecule has 0 unspecified atom stereocenters. The average Bonchev–Trinajstić information content (AvgIpc) is 2.73. The van der Waals surface area contributed by atoms with Crippen LogP contribution in [-0.4, -0.2) is 19.6 Å². The van der Waals surface area contributed by atoms with Crippen molar-refractivity contribution in [3.63, 3.8) is 0 Å². The fourth-order valence-corrected chi connectivity index (χ4v) is 2.90. The van der Waals surface area contributed by atoms with E-state index in [0.717, 1.165) is 22.6 Å². The van der Waals surface area contributed by atoms with Gasteiger partial charge in [-0.25, -0.2) is 0 Å². The van der Waals surface area contributed by atoms with E-state index < -0.39 is 0 Å². The first kappa shape index (κ1) is 20.3. The second-order valence-corrected chi connectivity index (χ2v) is 6.54. The number of methoxy groups -OCH3 is 1. The summed E-state index contributed by atoms with van der Waals surface area (Å²) < 4.78 is 16.7. The largest absolute Gasteiger partial charge is 0.496 e. The van der Waals surface area contributed by atoms with Gasteiger partial charge in [0.1, 0.15) is 23.9 Å². The van der Waals surface area contributed by atoms with E-state index in [0.29, 0.717) is 30.2 Å². The number of hydrogen-bond acceptors (Lipinski definition) is 4. The van der Waals surface area contributed by atoms with Crippen molar-refractivity contribution < 1.29 is 19.0 Å². The third kappa shape index (κ3) is 5.51.